The number of ether oxygens (including phenoxy) is 1. The normalized spacial score (nSPS) is 21.4. The van der Waals surface area contributed by atoms with Crippen molar-refractivity contribution in [3.8, 4) is 0 Å². The zero-order chi connectivity index (χ0) is 15.6. The van der Waals surface area contributed by atoms with Crippen molar-refractivity contribution < 1.29 is 4.74 Å². The SMILES string of the molecule is Cc1cc([C@H]2C[C@H](c3ncc4nccnc4n3)CCO2)ccn1. The van der Waals surface area contributed by atoms with Gasteiger partial charge in [-0.3, -0.25) is 4.98 Å². The molecule has 2 atom stereocenters. The molecule has 6 nitrogen and oxygen atoms in total. The van der Waals surface area contributed by atoms with E-state index in [0.717, 1.165) is 29.9 Å². The van der Waals surface area contributed by atoms with Gasteiger partial charge in [-0.25, -0.2) is 19.9 Å². The van der Waals surface area contributed by atoms with Gasteiger partial charge in [0.2, 0.25) is 0 Å². The van der Waals surface area contributed by atoms with Crippen LogP contribution in [-0.4, -0.2) is 31.5 Å². The first-order chi connectivity index (χ1) is 11.3. The Morgan fingerprint density at radius 3 is 2.91 bits per heavy atom. The van der Waals surface area contributed by atoms with Gasteiger partial charge in [0.25, 0.3) is 0 Å². The van der Waals surface area contributed by atoms with Gasteiger partial charge >= 0.3 is 0 Å². The van der Waals surface area contributed by atoms with Crippen molar-refractivity contribution in [2.45, 2.75) is 31.8 Å². The van der Waals surface area contributed by atoms with Gasteiger partial charge in [0.1, 0.15) is 11.3 Å². The molecule has 0 bridgehead atoms. The Kier molecular flexibility index (Phi) is 3.67. The van der Waals surface area contributed by atoms with E-state index in [1.807, 2.05) is 19.2 Å². The van der Waals surface area contributed by atoms with E-state index in [-0.39, 0.29) is 12.0 Å². The average molecular weight is 307 g/mol. The van der Waals surface area contributed by atoms with Gasteiger partial charge in [-0.05, 0) is 37.5 Å². The minimum atomic E-state index is 0.0663. The van der Waals surface area contributed by atoms with Crippen LogP contribution in [0.5, 0.6) is 0 Å². The van der Waals surface area contributed by atoms with E-state index in [1.165, 1.54) is 5.56 Å². The number of nitrogens with zero attached hydrogens (tertiary/aromatic N) is 5. The third-order valence-electron chi connectivity index (χ3n) is 4.19. The molecule has 1 aliphatic rings. The topological polar surface area (TPSA) is 73.7 Å². The van der Waals surface area contributed by atoms with Crippen LogP contribution in [0.1, 0.15) is 41.9 Å². The highest BCUT2D eigenvalue weighted by molar-refractivity contribution is 5.67. The molecule has 1 fully saturated rings. The summed E-state index contributed by atoms with van der Waals surface area (Å²) in [4.78, 5) is 21.8. The minimum Gasteiger partial charge on any atom is -0.373 e. The fraction of sp³-hybridized carbons (Fsp3) is 0.353. The number of hydrogen-bond acceptors (Lipinski definition) is 6. The summed E-state index contributed by atoms with van der Waals surface area (Å²) >= 11 is 0. The van der Waals surface area contributed by atoms with E-state index in [9.17, 15) is 0 Å². The molecule has 4 heterocycles. The summed E-state index contributed by atoms with van der Waals surface area (Å²) in [6.45, 7) is 2.70. The Hall–Kier alpha value is -2.47. The van der Waals surface area contributed by atoms with Gasteiger partial charge < -0.3 is 4.74 Å². The molecule has 6 heteroatoms. The molecule has 23 heavy (non-hydrogen) atoms. The van der Waals surface area contributed by atoms with Gasteiger partial charge in [-0.15, -0.1) is 0 Å². The Morgan fingerprint density at radius 1 is 1.09 bits per heavy atom. The van der Waals surface area contributed by atoms with Crippen LogP contribution in [0.2, 0.25) is 0 Å². The van der Waals surface area contributed by atoms with Crippen molar-refractivity contribution in [2.75, 3.05) is 6.61 Å². The summed E-state index contributed by atoms with van der Waals surface area (Å²) < 4.78 is 5.95. The highest BCUT2D eigenvalue weighted by Gasteiger charge is 2.27. The van der Waals surface area contributed by atoms with Crippen LogP contribution in [0.3, 0.4) is 0 Å². The maximum atomic E-state index is 5.95. The van der Waals surface area contributed by atoms with E-state index >= 15 is 0 Å². The number of pyridine rings is 1. The molecule has 0 spiro atoms. The molecule has 0 amide bonds. The van der Waals surface area contributed by atoms with Gasteiger partial charge in [-0.2, -0.15) is 0 Å². The second kappa shape index (κ2) is 5.96. The zero-order valence-corrected chi connectivity index (χ0v) is 12.9. The molecule has 0 unspecified atom stereocenters. The molecular formula is C17H17N5O. The molecule has 1 saturated heterocycles. The summed E-state index contributed by atoms with van der Waals surface area (Å²) in [5.74, 6) is 1.10. The first kappa shape index (κ1) is 14.1. The number of fused-ring (bicyclic) bond motifs is 1. The van der Waals surface area contributed by atoms with Gasteiger partial charge in [0.15, 0.2) is 5.65 Å². The van der Waals surface area contributed by atoms with E-state index in [4.69, 9.17) is 4.74 Å². The van der Waals surface area contributed by atoms with E-state index in [2.05, 4.69) is 31.0 Å². The van der Waals surface area contributed by atoms with Crippen molar-refractivity contribution >= 4 is 11.2 Å². The standard InChI is InChI=1S/C17H17N5O/c1-11-8-12(2-4-18-11)15-9-13(3-7-23-15)16-21-10-14-17(22-16)20-6-5-19-14/h2,4-6,8,10,13,15H,3,7,9H2,1H3/t13-,15-/m1/s1. The smallest absolute Gasteiger partial charge is 0.181 e. The van der Waals surface area contributed by atoms with Crippen LogP contribution >= 0.6 is 0 Å². The number of aryl methyl sites for hydroxylation is 1. The first-order valence-electron chi connectivity index (χ1n) is 7.77. The Balaban J connectivity index is 1.60. The lowest BCUT2D eigenvalue weighted by Crippen LogP contribution is -2.20. The van der Waals surface area contributed by atoms with E-state index in [1.54, 1.807) is 18.6 Å². The fourth-order valence-corrected chi connectivity index (χ4v) is 3.01. The predicted molar refractivity (Wildman–Crippen MR) is 84.8 cm³/mol. The van der Waals surface area contributed by atoms with Gasteiger partial charge in [0, 0.05) is 36.8 Å². The molecule has 0 saturated carbocycles. The van der Waals surface area contributed by atoms with Crippen LogP contribution in [0.15, 0.2) is 36.9 Å². The summed E-state index contributed by atoms with van der Waals surface area (Å²) in [5.41, 5.74) is 3.55. The van der Waals surface area contributed by atoms with Crippen molar-refractivity contribution in [3.05, 3.63) is 54.0 Å². The van der Waals surface area contributed by atoms with Crippen molar-refractivity contribution in [2.24, 2.45) is 0 Å². The minimum absolute atomic E-state index is 0.0663. The largest absolute Gasteiger partial charge is 0.373 e. The molecule has 116 valence electrons. The van der Waals surface area contributed by atoms with Crippen LogP contribution in [0.4, 0.5) is 0 Å². The van der Waals surface area contributed by atoms with Crippen LogP contribution < -0.4 is 0 Å². The van der Waals surface area contributed by atoms with Crippen molar-refractivity contribution in [3.63, 3.8) is 0 Å². The van der Waals surface area contributed by atoms with Gasteiger partial charge in [0.05, 0.1) is 12.3 Å². The molecule has 3 aromatic rings. The predicted octanol–water partition coefficient (Wildman–Crippen LogP) is 2.76. The molecule has 4 rings (SSSR count). The Bertz CT molecular complexity index is 838. The second-order valence-corrected chi connectivity index (χ2v) is 5.80. The maximum Gasteiger partial charge on any atom is 0.181 e. The summed E-state index contributed by atoms with van der Waals surface area (Å²) in [6.07, 6.45) is 8.76. The van der Waals surface area contributed by atoms with Crippen molar-refractivity contribution in [1.82, 2.24) is 24.9 Å². The summed E-state index contributed by atoms with van der Waals surface area (Å²) in [5, 5.41) is 0. The van der Waals surface area contributed by atoms with Crippen LogP contribution in [0, 0.1) is 6.92 Å². The lowest BCUT2D eigenvalue weighted by atomic mass is 9.91. The second-order valence-electron chi connectivity index (χ2n) is 5.80. The maximum absolute atomic E-state index is 5.95. The molecule has 0 radical (unpaired) electrons. The quantitative estimate of drug-likeness (QED) is 0.725. The molecule has 3 aromatic heterocycles. The number of hydrogen-bond donors (Lipinski definition) is 0. The Morgan fingerprint density at radius 2 is 2.00 bits per heavy atom. The zero-order valence-electron chi connectivity index (χ0n) is 12.9. The van der Waals surface area contributed by atoms with Gasteiger partial charge in [-0.1, -0.05) is 0 Å². The summed E-state index contributed by atoms with van der Waals surface area (Å²) in [6, 6.07) is 4.10. The summed E-state index contributed by atoms with van der Waals surface area (Å²) in [7, 11) is 0. The van der Waals surface area contributed by atoms with E-state index < -0.39 is 0 Å². The first-order valence-corrected chi connectivity index (χ1v) is 7.77. The molecule has 1 aliphatic heterocycles. The monoisotopic (exact) mass is 307 g/mol. The number of aromatic nitrogens is 5. The lowest BCUT2D eigenvalue weighted by molar-refractivity contribution is 0.00392. The molecule has 0 aliphatic carbocycles. The third kappa shape index (κ3) is 2.90. The van der Waals surface area contributed by atoms with Crippen molar-refractivity contribution in [1.29, 1.82) is 0 Å². The molecule has 0 aromatic carbocycles. The average Bonchev–Trinajstić information content (AvgIpc) is 2.61. The van der Waals surface area contributed by atoms with Crippen LogP contribution in [-0.2, 0) is 4.74 Å². The van der Waals surface area contributed by atoms with E-state index in [0.29, 0.717) is 12.3 Å². The third-order valence-corrected chi connectivity index (χ3v) is 4.19. The highest BCUT2D eigenvalue weighted by Crippen LogP contribution is 2.36. The molecule has 0 N–H and O–H groups in total. The molecular weight excluding hydrogens is 290 g/mol. The Labute approximate surface area is 134 Å². The highest BCUT2D eigenvalue weighted by atomic mass is 16.5. The number of rotatable bonds is 2. The van der Waals surface area contributed by atoms with Crippen LogP contribution in [0.25, 0.3) is 11.2 Å². The lowest BCUT2D eigenvalue weighted by Gasteiger charge is -2.29. The fourth-order valence-electron chi connectivity index (χ4n) is 3.01.